The van der Waals surface area contributed by atoms with Crippen LogP contribution in [0.3, 0.4) is 0 Å². The van der Waals surface area contributed by atoms with Crippen molar-refractivity contribution in [2.75, 3.05) is 6.54 Å². The van der Waals surface area contributed by atoms with Crippen molar-refractivity contribution in [1.29, 1.82) is 0 Å². The predicted molar refractivity (Wildman–Crippen MR) is 88.6 cm³/mol. The highest BCUT2D eigenvalue weighted by molar-refractivity contribution is 7.14. The lowest BCUT2D eigenvalue weighted by molar-refractivity contribution is 0.463. The van der Waals surface area contributed by atoms with Gasteiger partial charge in [-0.15, -0.1) is 22.7 Å². The summed E-state index contributed by atoms with van der Waals surface area (Å²) in [6.07, 6.45) is 9.43. The molecule has 1 fully saturated rings. The minimum absolute atomic E-state index is 0.745. The van der Waals surface area contributed by atoms with Gasteiger partial charge in [-0.1, -0.05) is 31.7 Å². The van der Waals surface area contributed by atoms with Gasteiger partial charge in [0, 0.05) is 24.4 Å². The zero-order chi connectivity index (χ0) is 13.6. The maximum atomic E-state index is 4.74. The van der Waals surface area contributed by atoms with E-state index in [1.165, 1.54) is 48.4 Å². The van der Waals surface area contributed by atoms with E-state index in [0.29, 0.717) is 0 Å². The minimum atomic E-state index is 0.745. The molecule has 0 atom stereocenters. The molecule has 0 radical (unpaired) electrons. The van der Waals surface area contributed by atoms with E-state index >= 15 is 0 Å². The van der Waals surface area contributed by atoms with E-state index in [4.69, 9.17) is 4.98 Å². The maximum absolute atomic E-state index is 4.74. The third-order valence-corrected chi connectivity index (χ3v) is 5.75. The Bertz CT molecular complexity index is 496. The van der Waals surface area contributed by atoms with E-state index in [-0.39, 0.29) is 0 Å². The van der Waals surface area contributed by atoms with Crippen molar-refractivity contribution < 1.29 is 0 Å². The first-order chi connectivity index (χ1) is 9.92. The number of hydrogen-bond donors (Lipinski definition) is 1. The van der Waals surface area contributed by atoms with Crippen LogP contribution in [0.15, 0.2) is 22.9 Å². The second kappa shape index (κ2) is 7.34. The van der Waals surface area contributed by atoms with E-state index in [0.717, 1.165) is 24.7 Å². The molecule has 1 aliphatic rings. The molecule has 2 nitrogen and oxygen atoms in total. The summed E-state index contributed by atoms with van der Waals surface area (Å²) in [5, 5.41) is 9.28. The van der Waals surface area contributed by atoms with Crippen LogP contribution in [0, 0.1) is 0 Å². The lowest BCUT2D eigenvalue weighted by atomic mass is 10.1. The highest BCUT2D eigenvalue weighted by Gasteiger charge is 2.11. The molecule has 0 bridgehead atoms. The molecule has 20 heavy (non-hydrogen) atoms. The Morgan fingerprint density at radius 1 is 1.15 bits per heavy atom. The molecule has 2 heterocycles. The van der Waals surface area contributed by atoms with Crippen LogP contribution in [0.5, 0.6) is 0 Å². The first-order valence-corrected chi connectivity index (χ1v) is 9.39. The summed E-state index contributed by atoms with van der Waals surface area (Å²) >= 11 is 3.56. The first-order valence-electron chi connectivity index (χ1n) is 7.63. The SMILES string of the molecule is c1csc(-c2csc(CCNC3CCCCCC3)n2)c1. The fraction of sp³-hybridized carbons (Fsp3) is 0.562. The van der Waals surface area contributed by atoms with Gasteiger partial charge in [0.1, 0.15) is 0 Å². The van der Waals surface area contributed by atoms with Crippen LogP contribution in [0.25, 0.3) is 10.6 Å². The molecule has 108 valence electrons. The molecule has 1 saturated carbocycles. The Hall–Kier alpha value is -0.710. The van der Waals surface area contributed by atoms with Crippen LogP contribution < -0.4 is 5.32 Å². The summed E-state index contributed by atoms with van der Waals surface area (Å²) in [5.41, 5.74) is 1.15. The van der Waals surface area contributed by atoms with Crippen molar-refractivity contribution >= 4 is 22.7 Å². The van der Waals surface area contributed by atoms with Gasteiger partial charge in [0.25, 0.3) is 0 Å². The monoisotopic (exact) mass is 306 g/mol. The Morgan fingerprint density at radius 3 is 2.75 bits per heavy atom. The largest absolute Gasteiger partial charge is 0.314 e. The van der Waals surface area contributed by atoms with Crippen LogP contribution >= 0.6 is 22.7 Å². The van der Waals surface area contributed by atoms with E-state index in [2.05, 4.69) is 28.2 Å². The fourth-order valence-electron chi connectivity index (χ4n) is 2.83. The number of aromatic nitrogens is 1. The number of nitrogens with one attached hydrogen (secondary N) is 1. The molecule has 3 rings (SSSR count). The molecule has 1 N–H and O–H groups in total. The van der Waals surface area contributed by atoms with Gasteiger partial charge in [0.05, 0.1) is 15.6 Å². The number of rotatable bonds is 5. The zero-order valence-corrected chi connectivity index (χ0v) is 13.4. The number of thiophene rings is 1. The molecule has 0 aromatic carbocycles. The topological polar surface area (TPSA) is 24.9 Å². The van der Waals surface area contributed by atoms with Crippen LogP contribution in [0.2, 0.25) is 0 Å². The molecule has 0 saturated heterocycles. The second-order valence-corrected chi connectivity index (χ2v) is 7.39. The summed E-state index contributed by atoms with van der Waals surface area (Å²) < 4.78 is 0. The van der Waals surface area contributed by atoms with Crippen LogP contribution in [-0.2, 0) is 6.42 Å². The molecular weight excluding hydrogens is 284 g/mol. The fourth-order valence-corrected chi connectivity index (χ4v) is 4.39. The Labute approximate surface area is 129 Å². The second-order valence-electron chi connectivity index (χ2n) is 5.50. The summed E-state index contributed by atoms with van der Waals surface area (Å²) in [5.74, 6) is 0. The first kappa shape index (κ1) is 14.2. The molecule has 0 unspecified atom stereocenters. The minimum Gasteiger partial charge on any atom is -0.314 e. The molecular formula is C16H22N2S2. The summed E-state index contributed by atoms with van der Waals surface area (Å²) in [6.45, 7) is 1.07. The number of nitrogens with zero attached hydrogens (tertiary/aromatic N) is 1. The van der Waals surface area contributed by atoms with Crippen molar-refractivity contribution in [1.82, 2.24) is 10.3 Å². The van der Waals surface area contributed by atoms with Gasteiger partial charge >= 0.3 is 0 Å². The summed E-state index contributed by atoms with van der Waals surface area (Å²) in [7, 11) is 0. The molecule has 2 aromatic rings. The Balaban J connectivity index is 1.46. The van der Waals surface area contributed by atoms with Gasteiger partial charge in [-0.05, 0) is 24.3 Å². The molecule has 0 aliphatic heterocycles. The lowest BCUT2D eigenvalue weighted by Crippen LogP contribution is -2.30. The summed E-state index contributed by atoms with van der Waals surface area (Å²) in [4.78, 5) is 6.02. The normalized spacial score (nSPS) is 17.2. The van der Waals surface area contributed by atoms with Crippen molar-refractivity contribution in [2.24, 2.45) is 0 Å². The van der Waals surface area contributed by atoms with E-state index in [1.807, 2.05) is 0 Å². The number of hydrogen-bond acceptors (Lipinski definition) is 4. The van der Waals surface area contributed by atoms with Crippen LogP contribution in [0.4, 0.5) is 0 Å². The highest BCUT2D eigenvalue weighted by Crippen LogP contribution is 2.26. The van der Waals surface area contributed by atoms with Crippen molar-refractivity contribution in [3.8, 4) is 10.6 Å². The quantitative estimate of drug-likeness (QED) is 0.808. The lowest BCUT2D eigenvalue weighted by Gasteiger charge is -2.15. The van der Waals surface area contributed by atoms with Gasteiger partial charge in [0.15, 0.2) is 0 Å². The van der Waals surface area contributed by atoms with Gasteiger partial charge in [0.2, 0.25) is 0 Å². The van der Waals surface area contributed by atoms with E-state index < -0.39 is 0 Å². The Kier molecular flexibility index (Phi) is 5.23. The summed E-state index contributed by atoms with van der Waals surface area (Å²) in [6, 6.07) is 4.98. The average molecular weight is 306 g/mol. The van der Waals surface area contributed by atoms with Gasteiger partial charge in [-0.2, -0.15) is 0 Å². The van der Waals surface area contributed by atoms with Crippen LogP contribution in [-0.4, -0.2) is 17.6 Å². The van der Waals surface area contributed by atoms with Gasteiger partial charge in [-0.25, -0.2) is 4.98 Å². The van der Waals surface area contributed by atoms with Crippen LogP contribution in [0.1, 0.15) is 43.5 Å². The van der Waals surface area contributed by atoms with Crippen molar-refractivity contribution in [2.45, 2.75) is 51.0 Å². The number of thiazole rings is 1. The van der Waals surface area contributed by atoms with E-state index in [9.17, 15) is 0 Å². The van der Waals surface area contributed by atoms with Gasteiger partial charge < -0.3 is 5.32 Å². The van der Waals surface area contributed by atoms with Gasteiger partial charge in [-0.3, -0.25) is 0 Å². The Morgan fingerprint density at radius 2 is 2.00 bits per heavy atom. The third kappa shape index (κ3) is 3.90. The molecule has 0 spiro atoms. The zero-order valence-electron chi connectivity index (χ0n) is 11.8. The molecule has 2 aromatic heterocycles. The maximum Gasteiger partial charge on any atom is 0.0945 e. The van der Waals surface area contributed by atoms with Crippen molar-refractivity contribution in [3.05, 3.63) is 27.9 Å². The van der Waals surface area contributed by atoms with E-state index in [1.54, 1.807) is 22.7 Å². The molecule has 4 heteroatoms. The standard InChI is InChI=1S/C16H22N2S2/c1-2-4-7-13(6-3-1)17-10-9-16-18-14(12-20-16)15-8-5-11-19-15/h5,8,11-13,17H,1-4,6-7,9-10H2. The highest BCUT2D eigenvalue weighted by atomic mass is 32.1. The third-order valence-electron chi connectivity index (χ3n) is 3.95. The predicted octanol–water partition coefficient (Wildman–Crippen LogP) is 4.73. The average Bonchev–Trinajstić information content (AvgIpc) is 3.07. The molecule has 0 amide bonds. The van der Waals surface area contributed by atoms with Crippen molar-refractivity contribution in [3.63, 3.8) is 0 Å². The molecule has 1 aliphatic carbocycles. The smallest absolute Gasteiger partial charge is 0.0945 e.